The molecular weight excluding hydrogens is 224 g/mol. The summed E-state index contributed by atoms with van der Waals surface area (Å²) in [7, 11) is 3.33. The van der Waals surface area contributed by atoms with Gasteiger partial charge in [-0.15, -0.1) is 0 Å². The van der Waals surface area contributed by atoms with E-state index in [1.54, 1.807) is 25.0 Å². The van der Waals surface area contributed by atoms with Crippen molar-refractivity contribution < 1.29 is 9.84 Å². The molecule has 1 aromatic rings. The van der Waals surface area contributed by atoms with Crippen molar-refractivity contribution in [3.8, 4) is 0 Å². The third-order valence-corrected chi connectivity index (χ3v) is 2.19. The Bertz CT molecular complexity index is 242. The van der Waals surface area contributed by atoms with E-state index < -0.39 is 6.10 Å². The van der Waals surface area contributed by atoms with Gasteiger partial charge in [0.05, 0.1) is 23.0 Å². The summed E-state index contributed by atoms with van der Waals surface area (Å²) in [6.07, 6.45) is 1.02. The van der Waals surface area contributed by atoms with Gasteiger partial charge in [0, 0.05) is 14.2 Å². The predicted octanol–water partition coefficient (Wildman–Crippen LogP) is 0.862. The zero-order valence-corrected chi connectivity index (χ0v) is 8.58. The minimum Gasteiger partial charge on any atom is -0.384 e. The lowest BCUT2D eigenvalue weighted by Gasteiger charge is -2.09. The van der Waals surface area contributed by atoms with Gasteiger partial charge in [0.25, 0.3) is 0 Å². The Morgan fingerprint density at radius 1 is 1.83 bits per heavy atom. The van der Waals surface area contributed by atoms with E-state index in [4.69, 9.17) is 4.74 Å². The molecule has 0 saturated heterocycles. The molecule has 0 bridgehead atoms. The van der Waals surface area contributed by atoms with Gasteiger partial charge in [-0.2, -0.15) is 5.10 Å². The van der Waals surface area contributed by atoms with Gasteiger partial charge in [-0.05, 0) is 15.9 Å². The number of aryl methyl sites for hydroxylation is 1. The highest BCUT2D eigenvalue weighted by atomic mass is 79.9. The van der Waals surface area contributed by atoms with Gasteiger partial charge in [-0.3, -0.25) is 4.68 Å². The molecule has 0 radical (unpaired) electrons. The minimum atomic E-state index is -0.628. The average molecular weight is 235 g/mol. The molecule has 1 unspecified atom stereocenters. The molecule has 0 aliphatic carbocycles. The summed E-state index contributed by atoms with van der Waals surface area (Å²) in [4.78, 5) is 0. The van der Waals surface area contributed by atoms with Crippen LogP contribution in [0.3, 0.4) is 0 Å². The highest BCUT2D eigenvalue weighted by Crippen LogP contribution is 2.22. The Balaban J connectivity index is 2.85. The van der Waals surface area contributed by atoms with Crippen LogP contribution < -0.4 is 0 Å². The second-order valence-corrected chi connectivity index (χ2v) is 3.33. The molecule has 0 amide bonds. The van der Waals surface area contributed by atoms with Crippen molar-refractivity contribution in [2.75, 3.05) is 13.7 Å². The Kier molecular flexibility index (Phi) is 3.25. The molecule has 0 spiro atoms. The zero-order chi connectivity index (χ0) is 9.14. The first-order chi connectivity index (χ1) is 5.66. The molecule has 0 aliphatic rings. The van der Waals surface area contributed by atoms with Gasteiger partial charge in [0.1, 0.15) is 6.10 Å². The van der Waals surface area contributed by atoms with Crippen LogP contribution in [0, 0.1) is 0 Å². The Morgan fingerprint density at radius 2 is 2.50 bits per heavy atom. The van der Waals surface area contributed by atoms with Gasteiger partial charge in [0.2, 0.25) is 0 Å². The van der Waals surface area contributed by atoms with Crippen LogP contribution in [0.25, 0.3) is 0 Å². The van der Waals surface area contributed by atoms with Crippen LogP contribution in [0.1, 0.15) is 11.8 Å². The summed E-state index contributed by atoms with van der Waals surface area (Å²) in [6, 6.07) is 0. The first-order valence-electron chi connectivity index (χ1n) is 3.51. The maximum atomic E-state index is 9.56. The van der Waals surface area contributed by atoms with Crippen LogP contribution in [0.5, 0.6) is 0 Å². The van der Waals surface area contributed by atoms with Crippen molar-refractivity contribution >= 4 is 15.9 Å². The number of hydrogen-bond donors (Lipinski definition) is 1. The second kappa shape index (κ2) is 4.02. The van der Waals surface area contributed by atoms with Crippen molar-refractivity contribution in [2.24, 2.45) is 7.05 Å². The lowest BCUT2D eigenvalue weighted by molar-refractivity contribution is 0.0588. The molecule has 0 aromatic carbocycles. The molecule has 5 heteroatoms. The van der Waals surface area contributed by atoms with Gasteiger partial charge >= 0.3 is 0 Å². The molecular formula is C7H11BrN2O2. The molecule has 4 nitrogen and oxygen atoms in total. The van der Waals surface area contributed by atoms with Crippen molar-refractivity contribution in [2.45, 2.75) is 6.10 Å². The molecule has 1 atom stereocenters. The SMILES string of the molecule is COCC(O)c1c(Br)cnn1C. The van der Waals surface area contributed by atoms with Crippen LogP contribution >= 0.6 is 15.9 Å². The standard InChI is InChI=1S/C7H11BrN2O2/c1-10-7(5(8)3-9-10)6(11)4-12-2/h3,6,11H,4H2,1-2H3. The maximum Gasteiger partial charge on any atom is 0.120 e. The summed E-state index contributed by atoms with van der Waals surface area (Å²) < 4.78 is 7.24. The number of nitrogens with zero attached hydrogens (tertiary/aromatic N) is 2. The van der Waals surface area contributed by atoms with E-state index in [-0.39, 0.29) is 6.61 Å². The first kappa shape index (κ1) is 9.70. The summed E-state index contributed by atoms with van der Waals surface area (Å²) >= 11 is 3.29. The zero-order valence-electron chi connectivity index (χ0n) is 6.99. The maximum absolute atomic E-state index is 9.56. The fourth-order valence-electron chi connectivity index (χ4n) is 1.03. The van der Waals surface area contributed by atoms with E-state index in [0.29, 0.717) is 0 Å². The van der Waals surface area contributed by atoms with Gasteiger partial charge < -0.3 is 9.84 Å². The van der Waals surface area contributed by atoms with Crippen LogP contribution in [-0.4, -0.2) is 28.6 Å². The number of halogens is 1. The Hall–Kier alpha value is -0.390. The highest BCUT2D eigenvalue weighted by Gasteiger charge is 2.15. The molecule has 1 rings (SSSR count). The number of rotatable bonds is 3. The van der Waals surface area contributed by atoms with Crippen molar-refractivity contribution in [3.63, 3.8) is 0 Å². The fraction of sp³-hybridized carbons (Fsp3) is 0.571. The van der Waals surface area contributed by atoms with E-state index in [2.05, 4.69) is 21.0 Å². The summed E-state index contributed by atoms with van der Waals surface area (Å²) in [5.41, 5.74) is 0.733. The second-order valence-electron chi connectivity index (χ2n) is 2.47. The molecule has 12 heavy (non-hydrogen) atoms. The number of methoxy groups -OCH3 is 1. The van der Waals surface area contributed by atoms with Crippen molar-refractivity contribution in [1.82, 2.24) is 9.78 Å². The lowest BCUT2D eigenvalue weighted by Crippen LogP contribution is -2.10. The molecule has 0 aliphatic heterocycles. The first-order valence-corrected chi connectivity index (χ1v) is 4.30. The van der Waals surface area contributed by atoms with E-state index in [9.17, 15) is 5.11 Å². The smallest absolute Gasteiger partial charge is 0.120 e. The van der Waals surface area contributed by atoms with E-state index in [0.717, 1.165) is 10.2 Å². The number of aromatic nitrogens is 2. The number of aliphatic hydroxyl groups excluding tert-OH is 1. The Labute approximate surface area is 79.3 Å². The predicted molar refractivity (Wildman–Crippen MR) is 47.7 cm³/mol. The molecule has 1 heterocycles. The molecule has 1 N–H and O–H groups in total. The molecule has 0 fully saturated rings. The lowest BCUT2D eigenvalue weighted by atomic mass is 10.3. The summed E-state index contributed by atoms with van der Waals surface area (Å²) in [5, 5.41) is 13.5. The number of ether oxygens (including phenoxy) is 1. The minimum absolute atomic E-state index is 0.276. The van der Waals surface area contributed by atoms with Crippen LogP contribution in [0.4, 0.5) is 0 Å². The largest absolute Gasteiger partial charge is 0.384 e. The monoisotopic (exact) mass is 234 g/mol. The number of aliphatic hydroxyl groups is 1. The van der Waals surface area contributed by atoms with Crippen LogP contribution in [0.2, 0.25) is 0 Å². The topological polar surface area (TPSA) is 47.3 Å². The normalized spacial score (nSPS) is 13.3. The molecule has 0 saturated carbocycles. The number of hydrogen-bond acceptors (Lipinski definition) is 3. The third kappa shape index (κ3) is 1.85. The van der Waals surface area contributed by atoms with Crippen molar-refractivity contribution in [1.29, 1.82) is 0 Å². The van der Waals surface area contributed by atoms with E-state index in [1.165, 1.54) is 0 Å². The van der Waals surface area contributed by atoms with Crippen molar-refractivity contribution in [3.05, 3.63) is 16.4 Å². The quantitative estimate of drug-likeness (QED) is 0.845. The van der Waals surface area contributed by atoms with Crippen LogP contribution in [-0.2, 0) is 11.8 Å². The van der Waals surface area contributed by atoms with Gasteiger partial charge in [-0.1, -0.05) is 0 Å². The van der Waals surface area contributed by atoms with E-state index >= 15 is 0 Å². The van der Waals surface area contributed by atoms with E-state index in [1.807, 2.05) is 0 Å². The summed E-state index contributed by atoms with van der Waals surface area (Å²) in [6.45, 7) is 0.276. The molecule has 68 valence electrons. The van der Waals surface area contributed by atoms with Gasteiger partial charge in [-0.25, -0.2) is 0 Å². The third-order valence-electron chi connectivity index (χ3n) is 1.58. The summed E-state index contributed by atoms with van der Waals surface area (Å²) in [5.74, 6) is 0. The fourth-order valence-corrected chi connectivity index (χ4v) is 1.64. The average Bonchev–Trinajstić information content (AvgIpc) is 2.32. The van der Waals surface area contributed by atoms with Gasteiger partial charge in [0.15, 0.2) is 0 Å². The van der Waals surface area contributed by atoms with Crippen LogP contribution in [0.15, 0.2) is 10.7 Å². The Morgan fingerprint density at radius 3 is 2.92 bits per heavy atom. The molecule has 1 aromatic heterocycles. The highest BCUT2D eigenvalue weighted by molar-refractivity contribution is 9.10.